The summed E-state index contributed by atoms with van der Waals surface area (Å²) in [6.45, 7) is 8.93. The van der Waals surface area contributed by atoms with Gasteiger partial charge in [-0.2, -0.15) is 0 Å². The normalized spacial score (nSPS) is 13.6. The minimum Gasteiger partial charge on any atom is -0.386 e. The molecule has 0 aliphatic carbocycles. The lowest BCUT2D eigenvalue weighted by atomic mass is 9.98. The topological polar surface area (TPSA) is 20.2 Å². The largest absolute Gasteiger partial charge is 0.386 e. The van der Waals surface area contributed by atoms with Crippen molar-refractivity contribution in [3.63, 3.8) is 0 Å². The Labute approximate surface area is 56.7 Å². The molecule has 0 unspecified atom stereocenters. The highest BCUT2D eigenvalue weighted by molar-refractivity contribution is 5.24. The molecule has 0 aromatic rings. The Morgan fingerprint density at radius 2 is 2.00 bits per heavy atom. The first kappa shape index (κ1) is 8.44. The molecule has 1 heteroatoms. The maximum atomic E-state index is 9.34. The van der Waals surface area contributed by atoms with Gasteiger partial charge in [0.25, 0.3) is 0 Å². The van der Waals surface area contributed by atoms with E-state index in [4.69, 9.17) is 0 Å². The van der Waals surface area contributed by atoms with Crippen LogP contribution in [0.25, 0.3) is 0 Å². The van der Waals surface area contributed by atoms with Gasteiger partial charge in [0, 0.05) is 0 Å². The van der Waals surface area contributed by atoms with E-state index in [0.717, 1.165) is 5.57 Å². The summed E-state index contributed by atoms with van der Waals surface area (Å²) >= 11 is 0. The zero-order valence-corrected chi connectivity index (χ0v) is 6.31. The van der Waals surface area contributed by atoms with Crippen molar-refractivity contribution in [3.8, 4) is 0 Å². The Morgan fingerprint density at radius 3 is 2.00 bits per heavy atom. The summed E-state index contributed by atoms with van der Waals surface area (Å²) in [5, 5.41) is 9.34. The van der Waals surface area contributed by atoms with Gasteiger partial charge < -0.3 is 5.11 Å². The molecular formula is C8H14O. The van der Waals surface area contributed by atoms with Gasteiger partial charge in [0.2, 0.25) is 0 Å². The van der Waals surface area contributed by atoms with Gasteiger partial charge in [0.1, 0.15) is 0 Å². The summed E-state index contributed by atoms with van der Waals surface area (Å²) in [5.74, 6) is 0. The molecule has 0 fully saturated rings. The number of aliphatic hydroxyl groups is 1. The highest BCUT2D eigenvalue weighted by atomic mass is 16.3. The number of allylic oxidation sites excluding steroid dienone is 1. The molecule has 0 aliphatic heterocycles. The van der Waals surface area contributed by atoms with E-state index in [9.17, 15) is 5.11 Å². The van der Waals surface area contributed by atoms with Crippen molar-refractivity contribution < 1.29 is 5.11 Å². The van der Waals surface area contributed by atoms with Gasteiger partial charge in [-0.1, -0.05) is 18.7 Å². The molecule has 0 bridgehead atoms. The molecule has 0 heterocycles. The molecule has 0 spiro atoms. The van der Waals surface area contributed by atoms with Gasteiger partial charge in [-0.15, -0.1) is 0 Å². The van der Waals surface area contributed by atoms with Gasteiger partial charge in [0.05, 0.1) is 5.60 Å². The maximum absolute atomic E-state index is 9.34. The molecular weight excluding hydrogens is 112 g/mol. The SMILES string of the molecule is C=C/C(=C\C)C(C)(C)O. The number of rotatable bonds is 2. The van der Waals surface area contributed by atoms with Crippen molar-refractivity contribution in [2.75, 3.05) is 0 Å². The van der Waals surface area contributed by atoms with Crippen LogP contribution in [0, 0.1) is 0 Å². The zero-order chi connectivity index (χ0) is 7.49. The third-order valence-electron chi connectivity index (χ3n) is 1.24. The van der Waals surface area contributed by atoms with Crippen LogP contribution in [0.4, 0.5) is 0 Å². The first-order valence-electron chi connectivity index (χ1n) is 3.04. The minimum absolute atomic E-state index is 0.740. The Hall–Kier alpha value is -0.560. The van der Waals surface area contributed by atoms with Gasteiger partial charge in [-0.05, 0) is 26.3 Å². The Morgan fingerprint density at radius 1 is 1.56 bits per heavy atom. The molecule has 1 nitrogen and oxygen atoms in total. The lowest BCUT2D eigenvalue weighted by Crippen LogP contribution is -2.20. The number of hydrogen-bond acceptors (Lipinski definition) is 1. The minimum atomic E-state index is -0.740. The molecule has 0 atom stereocenters. The zero-order valence-electron chi connectivity index (χ0n) is 6.31. The van der Waals surface area contributed by atoms with E-state index < -0.39 is 5.60 Å². The third kappa shape index (κ3) is 2.47. The van der Waals surface area contributed by atoms with Crippen molar-refractivity contribution in [1.29, 1.82) is 0 Å². The van der Waals surface area contributed by atoms with E-state index in [-0.39, 0.29) is 0 Å². The molecule has 0 aliphatic rings. The summed E-state index contributed by atoms with van der Waals surface area (Å²) in [4.78, 5) is 0. The van der Waals surface area contributed by atoms with Crippen LogP contribution in [0.3, 0.4) is 0 Å². The van der Waals surface area contributed by atoms with Gasteiger partial charge in [-0.3, -0.25) is 0 Å². The second-order valence-corrected chi connectivity index (χ2v) is 2.51. The fourth-order valence-corrected chi connectivity index (χ4v) is 0.721. The van der Waals surface area contributed by atoms with Crippen LogP contribution in [0.15, 0.2) is 24.3 Å². The number of hydrogen-bond donors (Lipinski definition) is 1. The van der Waals surface area contributed by atoms with Crippen LogP contribution < -0.4 is 0 Å². The van der Waals surface area contributed by atoms with Crippen LogP contribution in [0.1, 0.15) is 20.8 Å². The van der Waals surface area contributed by atoms with Gasteiger partial charge in [-0.25, -0.2) is 0 Å². The maximum Gasteiger partial charge on any atom is 0.0837 e. The highest BCUT2D eigenvalue weighted by Crippen LogP contribution is 2.14. The molecule has 0 saturated heterocycles. The quantitative estimate of drug-likeness (QED) is 0.560. The lowest BCUT2D eigenvalue weighted by Gasteiger charge is -2.17. The standard InChI is InChI=1S/C8H14O/c1-5-7(6-2)8(3,4)9/h5-6,9H,1H2,2-4H3/b7-6+. The molecule has 1 N–H and O–H groups in total. The van der Waals surface area contributed by atoms with E-state index in [1.165, 1.54) is 0 Å². The van der Waals surface area contributed by atoms with E-state index in [0.29, 0.717) is 0 Å². The van der Waals surface area contributed by atoms with Crippen LogP contribution in [-0.2, 0) is 0 Å². The average Bonchev–Trinajstić information content (AvgIpc) is 1.65. The molecule has 0 radical (unpaired) electrons. The monoisotopic (exact) mass is 126 g/mol. The van der Waals surface area contributed by atoms with Crippen LogP contribution in [0.2, 0.25) is 0 Å². The lowest BCUT2D eigenvalue weighted by molar-refractivity contribution is 0.123. The van der Waals surface area contributed by atoms with Crippen LogP contribution >= 0.6 is 0 Å². The molecule has 52 valence electrons. The summed E-state index contributed by atoms with van der Waals surface area (Å²) in [7, 11) is 0. The van der Waals surface area contributed by atoms with Crippen molar-refractivity contribution >= 4 is 0 Å². The fraction of sp³-hybridized carbons (Fsp3) is 0.500. The average molecular weight is 126 g/mol. The third-order valence-corrected chi connectivity index (χ3v) is 1.24. The van der Waals surface area contributed by atoms with E-state index in [2.05, 4.69) is 6.58 Å². The molecule has 0 saturated carbocycles. The predicted molar refractivity (Wildman–Crippen MR) is 40.3 cm³/mol. The van der Waals surface area contributed by atoms with Gasteiger partial charge >= 0.3 is 0 Å². The smallest absolute Gasteiger partial charge is 0.0837 e. The van der Waals surface area contributed by atoms with Gasteiger partial charge in [0.15, 0.2) is 0 Å². The van der Waals surface area contributed by atoms with Crippen molar-refractivity contribution in [2.24, 2.45) is 0 Å². The molecule has 0 aromatic heterocycles. The van der Waals surface area contributed by atoms with E-state index in [1.807, 2.05) is 13.0 Å². The second kappa shape index (κ2) is 2.83. The Kier molecular flexibility index (Phi) is 2.65. The molecule has 0 amide bonds. The summed E-state index contributed by atoms with van der Waals surface area (Å²) < 4.78 is 0. The summed E-state index contributed by atoms with van der Waals surface area (Å²) in [5.41, 5.74) is 0.124. The van der Waals surface area contributed by atoms with Crippen molar-refractivity contribution in [1.82, 2.24) is 0 Å². The first-order valence-corrected chi connectivity index (χ1v) is 3.04. The highest BCUT2D eigenvalue weighted by Gasteiger charge is 2.14. The molecule has 0 aromatic carbocycles. The van der Waals surface area contributed by atoms with E-state index in [1.54, 1.807) is 19.9 Å². The molecule has 9 heavy (non-hydrogen) atoms. The van der Waals surface area contributed by atoms with Crippen molar-refractivity contribution in [2.45, 2.75) is 26.4 Å². The van der Waals surface area contributed by atoms with Crippen LogP contribution in [0.5, 0.6) is 0 Å². The van der Waals surface area contributed by atoms with Crippen molar-refractivity contribution in [3.05, 3.63) is 24.3 Å². The first-order chi connectivity index (χ1) is 4.02. The second-order valence-electron chi connectivity index (χ2n) is 2.51. The molecule has 0 rings (SSSR count). The fourth-order valence-electron chi connectivity index (χ4n) is 0.721. The predicted octanol–water partition coefficient (Wildman–Crippen LogP) is 1.89. The van der Waals surface area contributed by atoms with E-state index >= 15 is 0 Å². The Bertz CT molecular complexity index is 126. The summed E-state index contributed by atoms with van der Waals surface area (Å²) in [6, 6.07) is 0. The Balaban J connectivity index is 4.32. The van der Waals surface area contributed by atoms with Crippen LogP contribution in [-0.4, -0.2) is 10.7 Å². The summed E-state index contributed by atoms with van der Waals surface area (Å²) in [6.07, 6.45) is 3.52.